The predicted octanol–water partition coefficient (Wildman–Crippen LogP) is 3.40. The first-order chi connectivity index (χ1) is 14.9. The van der Waals surface area contributed by atoms with E-state index in [-0.39, 0.29) is 11.4 Å². The number of halogens is 3. The summed E-state index contributed by atoms with van der Waals surface area (Å²) in [5.74, 6) is -0.556. The standard InChI is InChI=1S/C21H21F3N6O/c22-21(23,24)15-4-5-19(18(13-15)27-20(31)17-3-1-2-7-25-17)30-11-9-29(10-12-30)14-16-6-8-26-28-16/h1-8,13H,9-12,14H2,(H,26,28)(H,27,31). The van der Waals surface area contributed by atoms with Gasteiger partial charge in [0.15, 0.2) is 0 Å². The normalized spacial score (nSPS) is 15.1. The number of hydrogen-bond acceptors (Lipinski definition) is 5. The number of benzene rings is 1. The van der Waals surface area contributed by atoms with Crippen molar-refractivity contribution in [2.24, 2.45) is 0 Å². The molecule has 31 heavy (non-hydrogen) atoms. The summed E-state index contributed by atoms with van der Waals surface area (Å²) >= 11 is 0. The molecule has 3 aromatic rings. The van der Waals surface area contributed by atoms with E-state index in [9.17, 15) is 18.0 Å². The summed E-state index contributed by atoms with van der Waals surface area (Å²) in [6, 6.07) is 10.2. The molecular formula is C21H21F3N6O. The molecular weight excluding hydrogens is 409 g/mol. The SMILES string of the molecule is O=C(Nc1cc(C(F)(F)F)ccc1N1CCN(Cc2ccn[nH]2)CC1)c1ccccn1. The van der Waals surface area contributed by atoms with Gasteiger partial charge in [0.1, 0.15) is 5.69 Å². The molecule has 10 heteroatoms. The van der Waals surface area contributed by atoms with Crippen molar-refractivity contribution in [1.29, 1.82) is 0 Å². The number of anilines is 2. The van der Waals surface area contributed by atoms with Crippen LogP contribution in [0.3, 0.4) is 0 Å². The van der Waals surface area contributed by atoms with Crippen molar-refractivity contribution in [2.45, 2.75) is 12.7 Å². The van der Waals surface area contributed by atoms with Crippen molar-refractivity contribution in [3.8, 4) is 0 Å². The molecule has 1 amide bonds. The van der Waals surface area contributed by atoms with Crippen molar-refractivity contribution in [1.82, 2.24) is 20.1 Å². The van der Waals surface area contributed by atoms with Gasteiger partial charge in [0, 0.05) is 50.8 Å². The van der Waals surface area contributed by atoms with Crippen LogP contribution < -0.4 is 10.2 Å². The molecule has 0 aliphatic carbocycles. The van der Waals surface area contributed by atoms with Crippen molar-refractivity contribution in [3.63, 3.8) is 0 Å². The van der Waals surface area contributed by atoms with E-state index in [1.54, 1.807) is 18.3 Å². The molecule has 3 heterocycles. The molecule has 0 spiro atoms. The van der Waals surface area contributed by atoms with E-state index in [4.69, 9.17) is 0 Å². The third-order valence-electron chi connectivity index (χ3n) is 5.13. The van der Waals surface area contributed by atoms with E-state index in [0.717, 1.165) is 37.5 Å². The van der Waals surface area contributed by atoms with Crippen LogP contribution in [-0.4, -0.2) is 52.2 Å². The minimum Gasteiger partial charge on any atom is -0.367 e. The van der Waals surface area contributed by atoms with E-state index in [2.05, 4.69) is 25.4 Å². The van der Waals surface area contributed by atoms with Gasteiger partial charge in [0.05, 0.1) is 16.9 Å². The van der Waals surface area contributed by atoms with Crippen LogP contribution in [0.1, 0.15) is 21.7 Å². The predicted molar refractivity (Wildman–Crippen MR) is 110 cm³/mol. The Kier molecular flexibility index (Phi) is 5.90. The van der Waals surface area contributed by atoms with Gasteiger partial charge in [-0.1, -0.05) is 6.07 Å². The topological polar surface area (TPSA) is 77.2 Å². The zero-order chi connectivity index (χ0) is 21.8. The molecule has 4 rings (SSSR count). The van der Waals surface area contributed by atoms with Gasteiger partial charge in [-0.2, -0.15) is 18.3 Å². The number of aromatic amines is 1. The Balaban J connectivity index is 1.53. The number of carbonyl (C=O) groups excluding carboxylic acids is 1. The van der Waals surface area contributed by atoms with Crippen LogP contribution in [0.2, 0.25) is 0 Å². The van der Waals surface area contributed by atoms with E-state index in [1.165, 1.54) is 18.3 Å². The zero-order valence-corrected chi connectivity index (χ0v) is 16.6. The maximum Gasteiger partial charge on any atom is 0.416 e. The second-order valence-electron chi connectivity index (χ2n) is 7.24. The molecule has 1 aliphatic rings. The van der Waals surface area contributed by atoms with Crippen molar-refractivity contribution >= 4 is 17.3 Å². The quantitative estimate of drug-likeness (QED) is 0.649. The Labute approximate surface area is 176 Å². The fraction of sp³-hybridized carbons (Fsp3) is 0.286. The number of carbonyl (C=O) groups is 1. The van der Waals surface area contributed by atoms with E-state index < -0.39 is 17.6 Å². The Morgan fingerprint density at radius 3 is 2.52 bits per heavy atom. The van der Waals surface area contributed by atoms with Gasteiger partial charge in [-0.15, -0.1) is 0 Å². The molecule has 0 bridgehead atoms. The molecule has 2 aromatic heterocycles. The second-order valence-corrected chi connectivity index (χ2v) is 7.24. The minimum atomic E-state index is -4.51. The average molecular weight is 430 g/mol. The summed E-state index contributed by atoms with van der Waals surface area (Å²) in [6.45, 7) is 3.42. The summed E-state index contributed by atoms with van der Waals surface area (Å²) in [7, 11) is 0. The van der Waals surface area contributed by atoms with Crippen molar-refractivity contribution < 1.29 is 18.0 Å². The molecule has 0 atom stereocenters. The monoisotopic (exact) mass is 430 g/mol. The first kappa shape index (κ1) is 20.9. The first-order valence-electron chi connectivity index (χ1n) is 9.79. The van der Waals surface area contributed by atoms with Gasteiger partial charge < -0.3 is 10.2 Å². The third-order valence-corrected chi connectivity index (χ3v) is 5.13. The van der Waals surface area contributed by atoms with Crippen LogP contribution in [0, 0.1) is 0 Å². The molecule has 0 saturated carbocycles. The third kappa shape index (κ3) is 5.02. The molecule has 2 N–H and O–H groups in total. The number of hydrogen-bond donors (Lipinski definition) is 2. The Hall–Kier alpha value is -3.40. The van der Waals surface area contributed by atoms with Gasteiger partial charge in [-0.3, -0.25) is 19.8 Å². The number of rotatable bonds is 5. The summed E-state index contributed by atoms with van der Waals surface area (Å²) in [4.78, 5) is 20.7. The molecule has 1 saturated heterocycles. The van der Waals surface area contributed by atoms with Gasteiger partial charge in [0.25, 0.3) is 5.91 Å². The highest BCUT2D eigenvalue weighted by molar-refractivity contribution is 6.04. The highest BCUT2D eigenvalue weighted by atomic mass is 19.4. The summed E-state index contributed by atoms with van der Waals surface area (Å²) in [5, 5.41) is 9.49. The van der Waals surface area contributed by atoms with Crippen LogP contribution in [0.4, 0.5) is 24.5 Å². The lowest BCUT2D eigenvalue weighted by Crippen LogP contribution is -2.46. The van der Waals surface area contributed by atoms with Crippen LogP contribution in [0.15, 0.2) is 54.9 Å². The number of nitrogens with zero attached hydrogens (tertiary/aromatic N) is 4. The average Bonchev–Trinajstić information content (AvgIpc) is 3.27. The van der Waals surface area contributed by atoms with E-state index in [1.807, 2.05) is 11.0 Å². The first-order valence-corrected chi connectivity index (χ1v) is 9.79. The van der Waals surface area contributed by atoms with Crippen molar-refractivity contribution in [3.05, 3.63) is 71.8 Å². The second kappa shape index (κ2) is 8.76. The lowest BCUT2D eigenvalue weighted by molar-refractivity contribution is -0.137. The summed E-state index contributed by atoms with van der Waals surface area (Å²) < 4.78 is 39.8. The zero-order valence-electron chi connectivity index (χ0n) is 16.6. The minimum absolute atomic E-state index is 0.118. The Bertz CT molecular complexity index is 1020. The molecule has 1 aliphatic heterocycles. The largest absolute Gasteiger partial charge is 0.416 e. The lowest BCUT2D eigenvalue weighted by atomic mass is 10.1. The molecule has 1 fully saturated rings. The number of pyridine rings is 1. The number of alkyl halides is 3. The molecule has 1 aromatic carbocycles. The molecule has 162 valence electrons. The fourth-order valence-corrected chi connectivity index (χ4v) is 3.53. The summed E-state index contributed by atoms with van der Waals surface area (Å²) in [5.41, 5.74) is 0.998. The molecule has 0 radical (unpaired) electrons. The van der Waals surface area contributed by atoms with Crippen molar-refractivity contribution in [2.75, 3.05) is 36.4 Å². The molecule has 7 nitrogen and oxygen atoms in total. The highest BCUT2D eigenvalue weighted by Crippen LogP contribution is 2.36. The van der Waals surface area contributed by atoms with E-state index >= 15 is 0 Å². The maximum absolute atomic E-state index is 13.3. The summed E-state index contributed by atoms with van der Waals surface area (Å²) in [6.07, 6.45) is -1.35. The molecule has 0 unspecified atom stereocenters. The van der Waals surface area contributed by atoms with Crippen LogP contribution in [-0.2, 0) is 12.7 Å². The van der Waals surface area contributed by atoms with Crippen LogP contribution in [0.25, 0.3) is 0 Å². The van der Waals surface area contributed by atoms with Gasteiger partial charge >= 0.3 is 6.18 Å². The number of amides is 1. The van der Waals surface area contributed by atoms with Gasteiger partial charge in [-0.05, 0) is 36.4 Å². The number of aromatic nitrogens is 3. The maximum atomic E-state index is 13.3. The number of H-pyrrole nitrogens is 1. The van der Waals surface area contributed by atoms with Crippen LogP contribution >= 0.6 is 0 Å². The van der Waals surface area contributed by atoms with Crippen LogP contribution in [0.5, 0.6) is 0 Å². The smallest absolute Gasteiger partial charge is 0.367 e. The fourth-order valence-electron chi connectivity index (χ4n) is 3.53. The lowest BCUT2D eigenvalue weighted by Gasteiger charge is -2.36. The number of piperazine rings is 1. The van der Waals surface area contributed by atoms with Gasteiger partial charge in [0.2, 0.25) is 0 Å². The highest BCUT2D eigenvalue weighted by Gasteiger charge is 2.32. The Morgan fingerprint density at radius 1 is 1.06 bits per heavy atom. The Morgan fingerprint density at radius 2 is 1.87 bits per heavy atom. The van der Waals surface area contributed by atoms with Gasteiger partial charge in [-0.25, -0.2) is 0 Å². The number of nitrogens with one attached hydrogen (secondary N) is 2. The van der Waals surface area contributed by atoms with E-state index in [0.29, 0.717) is 18.8 Å².